The van der Waals surface area contributed by atoms with Crippen LogP contribution in [0.25, 0.3) is 110 Å². The first-order chi connectivity index (χ1) is 27.6. The van der Waals surface area contributed by atoms with Crippen LogP contribution in [0.4, 0.5) is 0 Å². The fourth-order valence-corrected chi connectivity index (χ4v) is 8.88. The molecule has 56 heavy (non-hydrogen) atoms. The molecule has 0 bridgehead atoms. The molecule has 4 heterocycles. The molecule has 12 rings (SSSR count). The lowest BCUT2D eigenvalue weighted by Gasteiger charge is -2.11. The Balaban J connectivity index is 1.02. The molecule has 0 aliphatic rings. The Morgan fingerprint density at radius 1 is 0.304 bits per heavy atom. The highest BCUT2D eigenvalue weighted by atomic mass is 16.4. The predicted octanol–water partition coefficient (Wildman–Crippen LogP) is 12.1. The smallest absolute Gasteiger partial charge is 0.344 e. The maximum absolute atomic E-state index is 13.2. The van der Waals surface area contributed by atoms with E-state index in [4.69, 9.17) is 8.83 Å². The zero-order valence-electron chi connectivity index (χ0n) is 29.7. The average Bonchev–Trinajstić information content (AvgIpc) is 3.76. The second-order valence-electron chi connectivity index (χ2n) is 14.4. The summed E-state index contributed by atoms with van der Waals surface area (Å²) in [4.78, 5) is 26.4. The molecule has 0 aliphatic carbocycles. The number of benzene rings is 8. The number of nitrogens with zero attached hydrogens (tertiary/aromatic N) is 2. The van der Waals surface area contributed by atoms with E-state index in [0.29, 0.717) is 21.9 Å². The van der Waals surface area contributed by atoms with Crippen molar-refractivity contribution in [2.24, 2.45) is 0 Å². The van der Waals surface area contributed by atoms with Crippen LogP contribution in [0.5, 0.6) is 0 Å². The SMILES string of the molecule is O=c1oc2ccccc2c2ccc(-n3c4ccccc4c4cc(-c5ccc6c(c5)c5ccccc5n6-c5ccc6c(c5)c(=O)oc5ccccc56)ccc43)cc12. The number of aromatic nitrogens is 2. The first kappa shape index (κ1) is 30.7. The molecule has 6 nitrogen and oxygen atoms in total. The Kier molecular flexibility index (Phi) is 6.26. The second-order valence-corrected chi connectivity index (χ2v) is 14.4. The van der Waals surface area contributed by atoms with Crippen molar-refractivity contribution >= 4 is 87.1 Å². The van der Waals surface area contributed by atoms with Crippen LogP contribution in [-0.2, 0) is 0 Å². The van der Waals surface area contributed by atoms with Crippen molar-refractivity contribution in [3.05, 3.63) is 191 Å². The van der Waals surface area contributed by atoms with Gasteiger partial charge in [0.1, 0.15) is 11.2 Å². The molecular formula is C50H28N2O4. The van der Waals surface area contributed by atoms with Gasteiger partial charge in [0.2, 0.25) is 0 Å². The lowest BCUT2D eigenvalue weighted by molar-refractivity contribution is 0.569. The van der Waals surface area contributed by atoms with E-state index in [1.165, 1.54) is 0 Å². The van der Waals surface area contributed by atoms with Crippen LogP contribution in [0.3, 0.4) is 0 Å². The molecule has 0 saturated carbocycles. The molecule has 0 saturated heterocycles. The summed E-state index contributed by atoms with van der Waals surface area (Å²) >= 11 is 0. The molecule has 0 aliphatic heterocycles. The van der Waals surface area contributed by atoms with Crippen molar-refractivity contribution in [1.29, 1.82) is 0 Å². The second kappa shape index (κ2) is 11.4. The van der Waals surface area contributed by atoms with Crippen LogP contribution in [0.1, 0.15) is 0 Å². The van der Waals surface area contributed by atoms with E-state index in [-0.39, 0.29) is 11.3 Å². The Morgan fingerprint density at radius 2 is 0.696 bits per heavy atom. The van der Waals surface area contributed by atoms with Crippen LogP contribution >= 0.6 is 0 Å². The summed E-state index contributed by atoms with van der Waals surface area (Å²) in [5, 5.41) is 9.18. The van der Waals surface area contributed by atoms with Crippen LogP contribution in [0.15, 0.2) is 188 Å². The molecule has 0 amide bonds. The quantitative estimate of drug-likeness (QED) is 0.135. The largest absolute Gasteiger partial charge is 0.422 e. The Morgan fingerprint density at radius 3 is 1.16 bits per heavy atom. The van der Waals surface area contributed by atoms with E-state index in [9.17, 15) is 9.59 Å². The average molecular weight is 721 g/mol. The predicted molar refractivity (Wildman–Crippen MR) is 228 cm³/mol. The molecule has 0 atom stereocenters. The summed E-state index contributed by atoms with van der Waals surface area (Å²) in [7, 11) is 0. The van der Waals surface area contributed by atoms with Crippen LogP contribution < -0.4 is 11.3 Å². The zero-order valence-corrected chi connectivity index (χ0v) is 29.7. The topological polar surface area (TPSA) is 70.3 Å². The van der Waals surface area contributed by atoms with Gasteiger partial charge in [-0.15, -0.1) is 0 Å². The first-order valence-corrected chi connectivity index (χ1v) is 18.6. The van der Waals surface area contributed by atoms with E-state index in [1.54, 1.807) is 0 Å². The van der Waals surface area contributed by atoms with Gasteiger partial charge in [-0.1, -0.05) is 97.1 Å². The Hall–Kier alpha value is -7.70. The minimum absolute atomic E-state index is 0.347. The third-order valence-corrected chi connectivity index (χ3v) is 11.4. The highest BCUT2D eigenvalue weighted by Gasteiger charge is 2.18. The lowest BCUT2D eigenvalue weighted by Crippen LogP contribution is -2.02. The highest BCUT2D eigenvalue weighted by molar-refractivity contribution is 6.14. The van der Waals surface area contributed by atoms with Gasteiger partial charge in [0.05, 0.1) is 32.8 Å². The van der Waals surface area contributed by atoms with Crippen LogP contribution in [0, 0.1) is 0 Å². The number of fused-ring (bicyclic) bond motifs is 12. The summed E-state index contributed by atoms with van der Waals surface area (Å²) in [5.74, 6) is 0. The zero-order chi connectivity index (χ0) is 37.1. The van der Waals surface area contributed by atoms with E-state index in [1.807, 2.05) is 72.8 Å². The maximum Gasteiger partial charge on any atom is 0.344 e. The first-order valence-electron chi connectivity index (χ1n) is 18.6. The number of hydrogen-bond donors (Lipinski definition) is 0. The molecule has 0 spiro atoms. The summed E-state index contributed by atoms with van der Waals surface area (Å²) in [6, 6.07) is 57.5. The van der Waals surface area contributed by atoms with E-state index >= 15 is 0 Å². The van der Waals surface area contributed by atoms with Gasteiger partial charge < -0.3 is 18.0 Å². The van der Waals surface area contributed by atoms with Crippen molar-refractivity contribution in [2.75, 3.05) is 0 Å². The molecule has 0 fully saturated rings. The van der Waals surface area contributed by atoms with Crippen LogP contribution in [-0.4, -0.2) is 9.13 Å². The monoisotopic (exact) mass is 720 g/mol. The van der Waals surface area contributed by atoms with E-state index in [2.05, 4.69) is 106 Å². The van der Waals surface area contributed by atoms with Gasteiger partial charge in [0, 0.05) is 54.5 Å². The van der Waals surface area contributed by atoms with Crippen molar-refractivity contribution in [1.82, 2.24) is 9.13 Å². The van der Waals surface area contributed by atoms with Crippen LogP contribution in [0.2, 0.25) is 0 Å². The normalized spacial score (nSPS) is 12.1. The Bertz CT molecular complexity index is 3520. The van der Waals surface area contributed by atoms with Crippen molar-refractivity contribution in [2.45, 2.75) is 0 Å². The fraction of sp³-hybridized carbons (Fsp3) is 0. The molecule has 0 radical (unpaired) electrons. The van der Waals surface area contributed by atoms with Gasteiger partial charge in [-0.05, 0) is 83.9 Å². The number of para-hydroxylation sites is 4. The number of hydrogen-bond acceptors (Lipinski definition) is 4. The Labute approximate surface area is 317 Å². The van der Waals surface area contributed by atoms with E-state index in [0.717, 1.165) is 87.7 Å². The molecule has 4 aromatic heterocycles. The summed E-state index contributed by atoms with van der Waals surface area (Å²) in [6.45, 7) is 0. The van der Waals surface area contributed by atoms with Gasteiger partial charge in [-0.2, -0.15) is 0 Å². The summed E-state index contributed by atoms with van der Waals surface area (Å²) in [6.07, 6.45) is 0. The third-order valence-electron chi connectivity index (χ3n) is 11.4. The van der Waals surface area contributed by atoms with Gasteiger partial charge in [-0.3, -0.25) is 0 Å². The van der Waals surface area contributed by atoms with Crippen molar-refractivity contribution in [3.8, 4) is 22.5 Å². The highest BCUT2D eigenvalue weighted by Crippen LogP contribution is 2.39. The fourth-order valence-electron chi connectivity index (χ4n) is 8.88. The summed E-state index contributed by atoms with van der Waals surface area (Å²) in [5.41, 5.74) is 8.67. The minimum Gasteiger partial charge on any atom is -0.422 e. The van der Waals surface area contributed by atoms with Crippen molar-refractivity contribution in [3.63, 3.8) is 0 Å². The van der Waals surface area contributed by atoms with E-state index < -0.39 is 0 Å². The molecule has 12 aromatic rings. The molecule has 0 N–H and O–H groups in total. The molecule has 0 unspecified atom stereocenters. The standard InChI is InChI=1S/C50H28N2O4/c53-49-41-27-31(19-21-33(41)37-11-3-7-15-47(37)55-49)51-43-13-5-1-9-35(43)39-25-29(17-23-45(39)51)30-18-24-46-40(26-30)36-10-2-6-14-44(36)52(46)32-20-22-34-38-12-4-8-16-48(38)56-50(54)42(34)28-32/h1-28H. The third kappa shape index (κ3) is 4.32. The molecular weight excluding hydrogens is 693 g/mol. The lowest BCUT2D eigenvalue weighted by atomic mass is 10.0. The summed E-state index contributed by atoms with van der Waals surface area (Å²) < 4.78 is 15.9. The van der Waals surface area contributed by atoms with Gasteiger partial charge >= 0.3 is 11.3 Å². The van der Waals surface area contributed by atoms with Gasteiger partial charge in [-0.25, -0.2) is 9.59 Å². The van der Waals surface area contributed by atoms with Gasteiger partial charge in [0.15, 0.2) is 0 Å². The van der Waals surface area contributed by atoms with Gasteiger partial charge in [0.25, 0.3) is 0 Å². The number of rotatable bonds is 3. The molecule has 8 aromatic carbocycles. The van der Waals surface area contributed by atoms with Crippen molar-refractivity contribution < 1.29 is 8.83 Å². The maximum atomic E-state index is 13.2. The minimum atomic E-state index is -0.347. The molecule has 6 heteroatoms. The molecule has 262 valence electrons.